The molecule has 0 radical (unpaired) electrons. The molecule has 0 aromatic heterocycles. The van der Waals surface area contributed by atoms with E-state index in [1.165, 1.54) is 0 Å². The lowest BCUT2D eigenvalue weighted by atomic mass is 10.0. The van der Waals surface area contributed by atoms with Crippen LogP contribution in [0.5, 0.6) is 11.5 Å². The van der Waals surface area contributed by atoms with E-state index in [1.807, 2.05) is 30.3 Å². The fourth-order valence-electron chi connectivity index (χ4n) is 1.91. The van der Waals surface area contributed by atoms with Crippen LogP contribution in [-0.2, 0) is 0 Å². The summed E-state index contributed by atoms with van der Waals surface area (Å²) >= 11 is 19.6. The van der Waals surface area contributed by atoms with Crippen LogP contribution in [0, 0.1) is 0 Å². The third-order valence-corrected chi connectivity index (χ3v) is 5.42. The van der Waals surface area contributed by atoms with E-state index in [-0.39, 0.29) is 5.38 Å². The molecule has 0 aliphatic carbocycles. The van der Waals surface area contributed by atoms with E-state index >= 15 is 0 Å². The molecule has 6 heteroatoms. The van der Waals surface area contributed by atoms with Crippen LogP contribution in [0.25, 0.3) is 0 Å². The van der Waals surface area contributed by atoms with E-state index in [0.717, 1.165) is 20.1 Å². The zero-order valence-corrected chi connectivity index (χ0v) is 16.0. The lowest BCUT2D eigenvalue weighted by Gasteiger charge is -2.16. The zero-order chi connectivity index (χ0) is 15.6. The van der Waals surface area contributed by atoms with Crippen molar-refractivity contribution < 1.29 is 9.47 Å². The van der Waals surface area contributed by atoms with E-state index in [2.05, 4.69) is 31.9 Å². The van der Waals surface area contributed by atoms with E-state index < -0.39 is 0 Å². The van der Waals surface area contributed by atoms with Gasteiger partial charge in [0.15, 0.2) is 11.5 Å². The first kappa shape index (κ1) is 16.9. The number of alkyl halides is 1. The highest BCUT2D eigenvalue weighted by molar-refractivity contribution is 9.10. The predicted octanol–water partition coefficient (Wildman–Crippen LogP) is 6.21. The molecule has 2 aromatic carbocycles. The van der Waals surface area contributed by atoms with Crippen LogP contribution >= 0.6 is 55.1 Å². The first-order valence-corrected chi connectivity index (χ1v) is 8.38. The molecule has 112 valence electrons. The van der Waals surface area contributed by atoms with Gasteiger partial charge in [0, 0.05) is 8.95 Å². The Hall–Kier alpha value is -0.420. The molecule has 1 atom stereocenters. The van der Waals surface area contributed by atoms with E-state index in [0.29, 0.717) is 16.5 Å². The van der Waals surface area contributed by atoms with Gasteiger partial charge in [0.2, 0.25) is 0 Å². The van der Waals surface area contributed by atoms with Gasteiger partial charge < -0.3 is 9.47 Å². The van der Waals surface area contributed by atoms with E-state index in [1.54, 1.807) is 14.2 Å². The first-order chi connectivity index (χ1) is 9.97. The van der Waals surface area contributed by atoms with Crippen LogP contribution < -0.4 is 9.47 Å². The smallest absolute Gasteiger partial charge is 0.161 e. The average Bonchev–Trinajstić information content (AvgIpc) is 2.49. The van der Waals surface area contributed by atoms with E-state index in [9.17, 15) is 0 Å². The van der Waals surface area contributed by atoms with Gasteiger partial charge in [-0.15, -0.1) is 11.6 Å². The van der Waals surface area contributed by atoms with E-state index in [4.69, 9.17) is 32.7 Å². The second-order valence-corrected chi connectivity index (χ2v) is 6.82. The molecule has 0 saturated carbocycles. The Labute approximate surface area is 150 Å². The molecule has 0 heterocycles. The molecular weight excluding hydrogens is 443 g/mol. The molecule has 0 aliphatic rings. The molecule has 1 unspecified atom stereocenters. The number of ether oxygens (including phenoxy) is 2. The van der Waals surface area contributed by atoms with Crippen LogP contribution in [0.3, 0.4) is 0 Å². The monoisotopic (exact) mass is 452 g/mol. The maximum atomic E-state index is 6.59. The third kappa shape index (κ3) is 3.67. The van der Waals surface area contributed by atoms with Crippen molar-refractivity contribution in [1.29, 1.82) is 0 Å². The summed E-state index contributed by atoms with van der Waals surface area (Å²) in [5, 5.41) is 0.263. The Morgan fingerprint density at radius 3 is 2.14 bits per heavy atom. The molecule has 0 spiro atoms. The molecule has 0 bridgehead atoms. The van der Waals surface area contributed by atoms with Crippen molar-refractivity contribution in [3.8, 4) is 11.5 Å². The first-order valence-electron chi connectivity index (χ1n) is 5.98. The molecule has 2 aromatic rings. The largest absolute Gasteiger partial charge is 0.493 e. The summed E-state index contributed by atoms with van der Waals surface area (Å²) in [6.07, 6.45) is 0. The topological polar surface area (TPSA) is 18.5 Å². The Kier molecular flexibility index (Phi) is 5.83. The fraction of sp³-hybridized carbons (Fsp3) is 0.200. The number of hydrogen-bond acceptors (Lipinski definition) is 2. The van der Waals surface area contributed by atoms with Crippen LogP contribution in [-0.4, -0.2) is 14.2 Å². The maximum Gasteiger partial charge on any atom is 0.161 e. The van der Waals surface area contributed by atoms with Crippen LogP contribution in [0.2, 0.25) is 5.02 Å². The molecule has 0 amide bonds. The Bertz CT molecular complexity index is 662. The highest BCUT2D eigenvalue weighted by Gasteiger charge is 2.18. The lowest BCUT2D eigenvalue weighted by Crippen LogP contribution is -1.98. The minimum absolute atomic E-state index is 0.357. The van der Waals surface area contributed by atoms with Gasteiger partial charge >= 0.3 is 0 Å². The SMILES string of the molecule is COc1cc(Br)c(C(Cl)c2ccc(Br)c(Cl)c2)cc1OC. The zero-order valence-electron chi connectivity index (χ0n) is 11.3. The predicted molar refractivity (Wildman–Crippen MR) is 94.1 cm³/mol. The summed E-state index contributed by atoms with van der Waals surface area (Å²) in [4.78, 5) is 0. The average molecular weight is 455 g/mol. The second-order valence-electron chi connectivity index (χ2n) is 4.26. The minimum atomic E-state index is -0.357. The molecule has 2 rings (SSSR count). The molecule has 2 nitrogen and oxygen atoms in total. The quantitative estimate of drug-likeness (QED) is 0.511. The van der Waals surface area contributed by atoms with Gasteiger partial charge in [0.1, 0.15) is 0 Å². The third-order valence-electron chi connectivity index (χ3n) is 3.01. The van der Waals surface area contributed by atoms with Crippen molar-refractivity contribution in [3.05, 3.63) is 55.4 Å². The number of benzene rings is 2. The number of rotatable bonds is 4. The van der Waals surface area contributed by atoms with Crippen LogP contribution in [0.1, 0.15) is 16.5 Å². The van der Waals surface area contributed by atoms with Crippen molar-refractivity contribution in [1.82, 2.24) is 0 Å². The van der Waals surface area contributed by atoms with Crippen molar-refractivity contribution >= 4 is 55.1 Å². The molecule has 0 saturated heterocycles. The molecule has 21 heavy (non-hydrogen) atoms. The number of hydrogen-bond donors (Lipinski definition) is 0. The van der Waals surface area contributed by atoms with Gasteiger partial charge in [-0.25, -0.2) is 0 Å². The van der Waals surface area contributed by atoms with Crippen LogP contribution in [0.15, 0.2) is 39.3 Å². The van der Waals surface area contributed by atoms with Crippen LogP contribution in [0.4, 0.5) is 0 Å². The summed E-state index contributed by atoms with van der Waals surface area (Å²) in [7, 11) is 3.19. The maximum absolute atomic E-state index is 6.59. The van der Waals surface area contributed by atoms with Crippen molar-refractivity contribution in [2.24, 2.45) is 0 Å². The van der Waals surface area contributed by atoms with Gasteiger partial charge in [-0.1, -0.05) is 33.6 Å². The summed E-state index contributed by atoms with van der Waals surface area (Å²) in [5.41, 5.74) is 1.78. The van der Waals surface area contributed by atoms with Gasteiger partial charge in [-0.05, 0) is 51.3 Å². The normalized spacial score (nSPS) is 12.1. The summed E-state index contributed by atoms with van der Waals surface area (Å²) in [6.45, 7) is 0. The molecular formula is C15H12Br2Cl2O2. The summed E-state index contributed by atoms with van der Waals surface area (Å²) < 4.78 is 12.3. The minimum Gasteiger partial charge on any atom is -0.493 e. The fourth-order valence-corrected chi connectivity index (χ4v) is 3.35. The Balaban J connectivity index is 2.47. The van der Waals surface area contributed by atoms with Gasteiger partial charge in [0.25, 0.3) is 0 Å². The van der Waals surface area contributed by atoms with Crippen molar-refractivity contribution in [3.63, 3.8) is 0 Å². The summed E-state index contributed by atoms with van der Waals surface area (Å²) in [5.74, 6) is 1.27. The second kappa shape index (κ2) is 7.23. The molecule has 0 fully saturated rings. The molecule has 0 aliphatic heterocycles. The molecule has 0 N–H and O–H groups in total. The Morgan fingerprint density at radius 1 is 0.952 bits per heavy atom. The summed E-state index contributed by atoms with van der Waals surface area (Å²) in [6, 6.07) is 9.34. The van der Waals surface area contributed by atoms with Gasteiger partial charge in [0.05, 0.1) is 24.6 Å². The van der Waals surface area contributed by atoms with Gasteiger partial charge in [-0.2, -0.15) is 0 Å². The standard InChI is InChI=1S/C15H12Br2Cl2O2/c1-20-13-6-9(11(17)7-14(13)21-2)15(19)8-3-4-10(16)12(18)5-8/h3-7,15H,1-2H3. The highest BCUT2D eigenvalue weighted by Crippen LogP contribution is 2.41. The number of methoxy groups -OCH3 is 2. The van der Waals surface area contributed by atoms with Crippen molar-refractivity contribution in [2.75, 3.05) is 14.2 Å². The van der Waals surface area contributed by atoms with Gasteiger partial charge in [-0.3, -0.25) is 0 Å². The highest BCUT2D eigenvalue weighted by atomic mass is 79.9. The Morgan fingerprint density at radius 2 is 1.57 bits per heavy atom. The van der Waals surface area contributed by atoms with Crippen molar-refractivity contribution in [2.45, 2.75) is 5.38 Å². The number of halogens is 4. The lowest BCUT2D eigenvalue weighted by molar-refractivity contribution is 0.354.